The Hall–Kier alpha value is -2.85. The second-order valence-electron chi connectivity index (χ2n) is 6.44. The average Bonchev–Trinajstić information content (AvgIpc) is 2.67. The number of hydrogen-bond acceptors (Lipinski definition) is 2. The molecule has 0 heterocycles. The Morgan fingerprint density at radius 1 is 0.963 bits per heavy atom. The fourth-order valence-electron chi connectivity index (χ4n) is 3.01. The molecule has 0 aliphatic rings. The van der Waals surface area contributed by atoms with Gasteiger partial charge < -0.3 is 10.6 Å². The third-order valence-electron chi connectivity index (χ3n) is 4.40. The molecule has 2 amide bonds. The van der Waals surface area contributed by atoms with Crippen LogP contribution in [-0.4, -0.2) is 18.4 Å². The normalized spacial score (nSPS) is 11.8. The van der Waals surface area contributed by atoms with Crippen LogP contribution >= 0.6 is 11.6 Å². The Morgan fingerprint density at radius 2 is 1.70 bits per heavy atom. The van der Waals surface area contributed by atoms with Gasteiger partial charge in [0.05, 0.1) is 19.0 Å². The number of rotatable bonds is 6. The maximum Gasteiger partial charge on any atom is 0.239 e. The quantitative estimate of drug-likeness (QED) is 0.678. The number of halogens is 1. The van der Waals surface area contributed by atoms with Crippen molar-refractivity contribution in [2.75, 3.05) is 6.54 Å². The zero-order valence-electron chi connectivity index (χ0n) is 15.0. The zero-order valence-corrected chi connectivity index (χ0v) is 15.8. The van der Waals surface area contributed by atoms with E-state index in [2.05, 4.69) is 10.6 Å². The van der Waals surface area contributed by atoms with Gasteiger partial charge in [-0.2, -0.15) is 0 Å². The molecule has 0 fully saturated rings. The monoisotopic (exact) mass is 380 g/mol. The number of benzene rings is 3. The van der Waals surface area contributed by atoms with Gasteiger partial charge in [-0.15, -0.1) is 0 Å². The van der Waals surface area contributed by atoms with E-state index in [1.807, 2.05) is 67.6 Å². The highest BCUT2D eigenvalue weighted by Gasteiger charge is 2.12. The first-order chi connectivity index (χ1) is 13.0. The third-order valence-corrected chi connectivity index (χ3v) is 4.64. The van der Waals surface area contributed by atoms with Gasteiger partial charge in [0.15, 0.2) is 0 Å². The predicted molar refractivity (Wildman–Crippen MR) is 109 cm³/mol. The number of amides is 2. The topological polar surface area (TPSA) is 58.2 Å². The summed E-state index contributed by atoms with van der Waals surface area (Å²) in [5, 5.41) is 8.31. The maximum absolute atomic E-state index is 12.3. The summed E-state index contributed by atoms with van der Waals surface area (Å²) in [4.78, 5) is 24.4. The molecule has 3 rings (SSSR count). The second-order valence-corrected chi connectivity index (χ2v) is 6.87. The fraction of sp³-hybridized carbons (Fsp3) is 0.182. The molecule has 5 heteroatoms. The molecular weight excluding hydrogens is 360 g/mol. The second kappa shape index (κ2) is 8.69. The van der Waals surface area contributed by atoms with Gasteiger partial charge in [0, 0.05) is 5.02 Å². The summed E-state index contributed by atoms with van der Waals surface area (Å²) in [7, 11) is 0. The number of nitrogens with one attached hydrogen (secondary N) is 2. The van der Waals surface area contributed by atoms with Crippen LogP contribution < -0.4 is 10.6 Å². The van der Waals surface area contributed by atoms with Crippen LogP contribution in [0.15, 0.2) is 66.7 Å². The van der Waals surface area contributed by atoms with Crippen molar-refractivity contribution < 1.29 is 9.59 Å². The number of carbonyl (C=O) groups excluding carboxylic acids is 2. The van der Waals surface area contributed by atoms with E-state index in [9.17, 15) is 9.59 Å². The molecule has 0 saturated carbocycles. The van der Waals surface area contributed by atoms with Gasteiger partial charge in [0.1, 0.15) is 0 Å². The molecule has 1 atom stereocenters. The van der Waals surface area contributed by atoms with Gasteiger partial charge in [-0.3, -0.25) is 9.59 Å². The van der Waals surface area contributed by atoms with Crippen LogP contribution in [0.4, 0.5) is 0 Å². The largest absolute Gasteiger partial charge is 0.348 e. The molecule has 0 saturated heterocycles. The van der Waals surface area contributed by atoms with Gasteiger partial charge in [-0.05, 0) is 41.0 Å². The lowest BCUT2D eigenvalue weighted by atomic mass is 10.0. The Bertz CT molecular complexity index is 966. The van der Waals surface area contributed by atoms with E-state index in [-0.39, 0.29) is 30.8 Å². The lowest BCUT2D eigenvalue weighted by molar-refractivity contribution is -0.126. The smallest absolute Gasteiger partial charge is 0.239 e. The molecule has 0 aromatic heterocycles. The molecule has 3 aromatic rings. The third kappa shape index (κ3) is 5.08. The molecule has 0 radical (unpaired) electrons. The first-order valence-electron chi connectivity index (χ1n) is 8.81. The van der Waals surface area contributed by atoms with Gasteiger partial charge in [-0.1, -0.05) is 66.2 Å². The summed E-state index contributed by atoms with van der Waals surface area (Å²) in [6, 6.07) is 21.0. The average molecular weight is 381 g/mol. The van der Waals surface area contributed by atoms with E-state index in [0.717, 1.165) is 21.9 Å². The molecule has 0 aliphatic heterocycles. The minimum Gasteiger partial charge on any atom is -0.348 e. The van der Waals surface area contributed by atoms with Crippen molar-refractivity contribution in [3.63, 3.8) is 0 Å². The summed E-state index contributed by atoms with van der Waals surface area (Å²) < 4.78 is 0. The van der Waals surface area contributed by atoms with E-state index >= 15 is 0 Å². The Labute approximate surface area is 163 Å². The maximum atomic E-state index is 12.3. The summed E-state index contributed by atoms with van der Waals surface area (Å²) in [5.41, 5.74) is 1.86. The van der Waals surface area contributed by atoms with Crippen molar-refractivity contribution in [3.05, 3.63) is 82.9 Å². The molecule has 138 valence electrons. The highest BCUT2D eigenvalue weighted by atomic mass is 35.5. The molecule has 0 bridgehead atoms. The zero-order chi connectivity index (χ0) is 19.2. The van der Waals surface area contributed by atoms with Crippen LogP contribution in [0.5, 0.6) is 0 Å². The summed E-state index contributed by atoms with van der Waals surface area (Å²) in [5.74, 6) is -0.425. The summed E-state index contributed by atoms with van der Waals surface area (Å²) >= 11 is 5.98. The molecule has 2 N–H and O–H groups in total. The molecule has 27 heavy (non-hydrogen) atoms. The molecular formula is C22H21ClN2O2. The standard InChI is InChI=1S/C22H21ClN2O2/c1-15(17-8-5-10-19(23)12-17)25-22(27)14-24-21(26)13-18-9-4-7-16-6-2-3-11-20(16)18/h2-12,15H,13-14H2,1H3,(H,24,26)(H,25,27). The van der Waals surface area contributed by atoms with Crippen LogP contribution in [0.1, 0.15) is 24.1 Å². The Balaban J connectivity index is 1.53. The number of hydrogen-bond donors (Lipinski definition) is 2. The van der Waals surface area contributed by atoms with Crippen molar-refractivity contribution in [2.45, 2.75) is 19.4 Å². The fourth-order valence-corrected chi connectivity index (χ4v) is 3.21. The van der Waals surface area contributed by atoms with Gasteiger partial charge >= 0.3 is 0 Å². The SMILES string of the molecule is CC(NC(=O)CNC(=O)Cc1cccc2ccccc12)c1cccc(Cl)c1. The molecule has 0 spiro atoms. The van der Waals surface area contributed by atoms with Crippen LogP contribution in [0.3, 0.4) is 0 Å². The van der Waals surface area contributed by atoms with E-state index in [1.165, 1.54) is 0 Å². The van der Waals surface area contributed by atoms with E-state index in [4.69, 9.17) is 11.6 Å². The molecule has 4 nitrogen and oxygen atoms in total. The highest BCUT2D eigenvalue weighted by Crippen LogP contribution is 2.19. The van der Waals surface area contributed by atoms with E-state index < -0.39 is 0 Å². The highest BCUT2D eigenvalue weighted by molar-refractivity contribution is 6.30. The van der Waals surface area contributed by atoms with Gasteiger partial charge in [-0.25, -0.2) is 0 Å². The van der Waals surface area contributed by atoms with Gasteiger partial charge in [0.2, 0.25) is 11.8 Å². The lowest BCUT2D eigenvalue weighted by Crippen LogP contribution is -2.38. The molecule has 1 unspecified atom stereocenters. The van der Waals surface area contributed by atoms with Crippen molar-refractivity contribution in [1.82, 2.24) is 10.6 Å². The Morgan fingerprint density at radius 3 is 2.52 bits per heavy atom. The van der Waals surface area contributed by atoms with Crippen molar-refractivity contribution in [3.8, 4) is 0 Å². The number of carbonyl (C=O) groups is 2. The number of fused-ring (bicyclic) bond motifs is 1. The van der Waals surface area contributed by atoms with Crippen LogP contribution in [0.25, 0.3) is 10.8 Å². The van der Waals surface area contributed by atoms with Crippen molar-refractivity contribution in [1.29, 1.82) is 0 Å². The summed E-state index contributed by atoms with van der Waals surface area (Å²) in [6.07, 6.45) is 0.235. The van der Waals surface area contributed by atoms with Crippen LogP contribution in [0.2, 0.25) is 5.02 Å². The Kier molecular flexibility index (Phi) is 6.09. The summed E-state index contributed by atoms with van der Waals surface area (Å²) in [6.45, 7) is 1.82. The molecule has 0 aliphatic carbocycles. The van der Waals surface area contributed by atoms with Crippen molar-refractivity contribution >= 4 is 34.2 Å². The first kappa shape index (κ1) is 18.9. The van der Waals surface area contributed by atoms with Crippen molar-refractivity contribution in [2.24, 2.45) is 0 Å². The first-order valence-corrected chi connectivity index (χ1v) is 9.19. The van der Waals surface area contributed by atoms with Gasteiger partial charge in [0.25, 0.3) is 0 Å². The minimum absolute atomic E-state index is 0.0610. The minimum atomic E-state index is -0.242. The lowest BCUT2D eigenvalue weighted by Gasteiger charge is -2.15. The van der Waals surface area contributed by atoms with E-state index in [1.54, 1.807) is 6.07 Å². The molecule has 3 aromatic carbocycles. The van der Waals surface area contributed by atoms with Crippen LogP contribution in [0, 0.1) is 0 Å². The predicted octanol–water partition coefficient (Wildman–Crippen LogP) is 4.03. The van der Waals surface area contributed by atoms with E-state index in [0.29, 0.717) is 5.02 Å². The van der Waals surface area contributed by atoms with Crippen LogP contribution in [-0.2, 0) is 16.0 Å².